The Morgan fingerprint density at radius 2 is 2.22 bits per heavy atom. The van der Waals surface area contributed by atoms with E-state index in [9.17, 15) is 9.90 Å². The largest absolute Gasteiger partial charge is 0.481 e. The third-order valence-electron chi connectivity index (χ3n) is 4.43. The first kappa shape index (κ1) is 12.0. The van der Waals surface area contributed by atoms with Crippen LogP contribution < -0.4 is 4.90 Å². The highest BCUT2D eigenvalue weighted by molar-refractivity contribution is 9.10. The van der Waals surface area contributed by atoms with Crippen molar-refractivity contribution in [1.29, 1.82) is 0 Å². The molecule has 1 aliphatic carbocycles. The first-order valence-corrected chi connectivity index (χ1v) is 7.14. The smallest absolute Gasteiger partial charge is 0.311 e. The number of carboxylic acids is 1. The molecule has 3 nitrogen and oxygen atoms in total. The molecule has 0 bridgehead atoms. The summed E-state index contributed by atoms with van der Waals surface area (Å²) < 4.78 is 0.999. The number of para-hydroxylation sites is 1. The van der Waals surface area contributed by atoms with Gasteiger partial charge in [0, 0.05) is 17.6 Å². The van der Waals surface area contributed by atoms with E-state index in [0.29, 0.717) is 6.04 Å². The third kappa shape index (κ3) is 1.58. The fourth-order valence-corrected chi connectivity index (χ4v) is 4.37. The van der Waals surface area contributed by atoms with E-state index < -0.39 is 5.97 Å². The minimum Gasteiger partial charge on any atom is -0.481 e. The number of nitrogens with zero attached hydrogens (tertiary/aromatic N) is 1. The number of hydrogen-bond acceptors (Lipinski definition) is 2. The summed E-state index contributed by atoms with van der Waals surface area (Å²) in [6.07, 6.45) is 3.26. The van der Waals surface area contributed by atoms with Crippen molar-refractivity contribution in [3.05, 3.63) is 28.2 Å². The third-order valence-corrected chi connectivity index (χ3v) is 5.07. The van der Waals surface area contributed by atoms with E-state index in [-0.39, 0.29) is 11.8 Å². The first-order valence-electron chi connectivity index (χ1n) is 6.35. The van der Waals surface area contributed by atoms with Gasteiger partial charge in [0.05, 0.1) is 11.6 Å². The van der Waals surface area contributed by atoms with Crippen LogP contribution in [0, 0.1) is 5.92 Å². The first-order chi connectivity index (χ1) is 8.61. The molecule has 3 rings (SSSR count). The standard InChI is InChI=1S/C14H16BrNO2/c1-16-11-7-3-4-8(11)12(14(17)18)9-5-2-6-10(15)13(9)16/h2,5-6,8,11-12H,3-4,7H2,1H3,(H,17,18). The summed E-state index contributed by atoms with van der Waals surface area (Å²) in [6, 6.07) is 6.26. The number of carbonyl (C=O) groups is 1. The lowest BCUT2D eigenvalue weighted by atomic mass is 9.78. The summed E-state index contributed by atoms with van der Waals surface area (Å²) in [5, 5.41) is 9.58. The summed E-state index contributed by atoms with van der Waals surface area (Å²) in [6.45, 7) is 0. The van der Waals surface area contributed by atoms with E-state index in [1.54, 1.807) is 0 Å². The molecule has 1 fully saturated rings. The minimum atomic E-state index is -0.681. The van der Waals surface area contributed by atoms with Crippen LogP contribution in [0.2, 0.25) is 0 Å². The number of rotatable bonds is 1. The van der Waals surface area contributed by atoms with Gasteiger partial charge in [-0.1, -0.05) is 18.6 Å². The van der Waals surface area contributed by atoms with E-state index in [1.807, 2.05) is 18.2 Å². The van der Waals surface area contributed by atoms with Gasteiger partial charge in [-0.25, -0.2) is 0 Å². The van der Waals surface area contributed by atoms with Crippen molar-refractivity contribution in [2.45, 2.75) is 31.2 Å². The molecule has 3 atom stereocenters. The zero-order valence-corrected chi connectivity index (χ0v) is 11.9. The molecule has 1 N–H and O–H groups in total. The van der Waals surface area contributed by atoms with Gasteiger partial charge in [-0.2, -0.15) is 0 Å². The zero-order valence-electron chi connectivity index (χ0n) is 10.3. The van der Waals surface area contributed by atoms with Crippen LogP contribution in [0.1, 0.15) is 30.7 Å². The number of carboxylic acid groups (broad SMARTS) is 1. The van der Waals surface area contributed by atoms with E-state index in [4.69, 9.17) is 0 Å². The second-order valence-corrected chi connectivity index (χ2v) is 6.12. The Labute approximate surface area is 115 Å². The van der Waals surface area contributed by atoms with Gasteiger partial charge in [-0.15, -0.1) is 0 Å². The molecule has 1 aromatic carbocycles. The molecule has 0 saturated heterocycles. The fraction of sp³-hybridized carbons (Fsp3) is 0.500. The lowest BCUT2D eigenvalue weighted by Gasteiger charge is -2.42. The molecule has 1 saturated carbocycles. The van der Waals surface area contributed by atoms with Crippen molar-refractivity contribution in [3.8, 4) is 0 Å². The predicted octanol–water partition coefficient (Wildman–Crippen LogP) is 3.24. The summed E-state index contributed by atoms with van der Waals surface area (Å²) in [5.41, 5.74) is 2.02. The van der Waals surface area contributed by atoms with Gasteiger partial charge in [0.1, 0.15) is 0 Å². The van der Waals surface area contributed by atoms with Crippen LogP contribution in [0.3, 0.4) is 0 Å². The van der Waals surface area contributed by atoms with Gasteiger partial charge in [-0.05, 0) is 46.3 Å². The Balaban J connectivity index is 2.19. The van der Waals surface area contributed by atoms with Gasteiger partial charge in [0.25, 0.3) is 0 Å². The molecule has 96 valence electrons. The summed E-state index contributed by atoms with van der Waals surface area (Å²) in [5.74, 6) is -0.769. The Bertz CT molecular complexity index is 503. The second kappa shape index (κ2) is 4.26. The van der Waals surface area contributed by atoms with E-state index >= 15 is 0 Å². The van der Waals surface area contributed by atoms with Crippen molar-refractivity contribution in [2.75, 3.05) is 11.9 Å². The lowest BCUT2D eigenvalue weighted by molar-refractivity contribution is -0.140. The molecule has 3 unspecified atom stereocenters. The Hall–Kier alpha value is -1.03. The number of fused-ring (bicyclic) bond motifs is 2. The lowest BCUT2D eigenvalue weighted by Crippen LogP contribution is -2.44. The van der Waals surface area contributed by atoms with Crippen molar-refractivity contribution in [1.82, 2.24) is 0 Å². The highest BCUT2D eigenvalue weighted by Gasteiger charge is 2.46. The topological polar surface area (TPSA) is 40.5 Å². The summed E-state index contributed by atoms with van der Waals surface area (Å²) >= 11 is 3.56. The molecule has 0 amide bonds. The SMILES string of the molecule is CN1c2c(Br)cccc2C(C(=O)O)C2CCCC21. The van der Waals surface area contributed by atoms with Crippen LogP contribution >= 0.6 is 15.9 Å². The predicted molar refractivity (Wildman–Crippen MR) is 74.1 cm³/mol. The fourth-order valence-electron chi connectivity index (χ4n) is 3.71. The van der Waals surface area contributed by atoms with Gasteiger partial charge < -0.3 is 10.0 Å². The van der Waals surface area contributed by atoms with E-state index in [0.717, 1.165) is 35.0 Å². The summed E-state index contributed by atoms with van der Waals surface area (Å²) in [4.78, 5) is 13.9. The Morgan fingerprint density at radius 3 is 2.94 bits per heavy atom. The number of halogens is 1. The molecule has 0 radical (unpaired) electrons. The van der Waals surface area contributed by atoms with Crippen molar-refractivity contribution in [2.24, 2.45) is 5.92 Å². The molecule has 1 aliphatic heterocycles. The van der Waals surface area contributed by atoms with Crippen molar-refractivity contribution < 1.29 is 9.90 Å². The van der Waals surface area contributed by atoms with Crippen molar-refractivity contribution >= 4 is 27.6 Å². The number of benzene rings is 1. The molecular weight excluding hydrogens is 294 g/mol. The normalized spacial score (nSPS) is 29.9. The number of aliphatic carboxylic acids is 1. The van der Waals surface area contributed by atoms with Gasteiger partial charge >= 0.3 is 5.97 Å². The molecule has 4 heteroatoms. The quantitative estimate of drug-likeness (QED) is 0.866. The molecule has 1 heterocycles. The maximum Gasteiger partial charge on any atom is 0.311 e. The number of hydrogen-bond donors (Lipinski definition) is 1. The monoisotopic (exact) mass is 309 g/mol. The van der Waals surface area contributed by atoms with Gasteiger partial charge in [0.15, 0.2) is 0 Å². The van der Waals surface area contributed by atoms with Crippen LogP contribution in [0.15, 0.2) is 22.7 Å². The van der Waals surface area contributed by atoms with Crippen LogP contribution in [0.25, 0.3) is 0 Å². The molecule has 1 aromatic rings. The zero-order chi connectivity index (χ0) is 12.9. The molecule has 18 heavy (non-hydrogen) atoms. The molecule has 2 aliphatic rings. The van der Waals surface area contributed by atoms with Crippen LogP contribution in [0.4, 0.5) is 5.69 Å². The van der Waals surface area contributed by atoms with Gasteiger partial charge in [0.2, 0.25) is 0 Å². The average Bonchev–Trinajstić information content (AvgIpc) is 2.77. The minimum absolute atomic E-state index is 0.259. The highest BCUT2D eigenvalue weighted by Crippen LogP contribution is 2.50. The van der Waals surface area contributed by atoms with E-state index in [1.165, 1.54) is 0 Å². The maximum atomic E-state index is 11.6. The van der Waals surface area contributed by atoms with E-state index in [2.05, 4.69) is 27.9 Å². The van der Waals surface area contributed by atoms with Crippen LogP contribution in [-0.2, 0) is 4.79 Å². The average molecular weight is 310 g/mol. The highest BCUT2D eigenvalue weighted by atomic mass is 79.9. The summed E-state index contributed by atoms with van der Waals surface area (Å²) in [7, 11) is 2.09. The van der Waals surface area contributed by atoms with Crippen molar-refractivity contribution in [3.63, 3.8) is 0 Å². The molecule has 0 spiro atoms. The Kier molecular flexibility index (Phi) is 2.85. The molecular formula is C14H16BrNO2. The van der Waals surface area contributed by atoms with Crippen LogP contribution in [-0.4, -0.2) is 24.2 Å². The number of anilines is 1. The van der Waals surface area contributed by atoms with Gasteiger partial charge in [-0.3, -0.25) is 4.79 Å². The Morgan fingerprint density at radius 1 is 1.44 bits per heavy atom. The maximum absolute atomic E-state index is 11.6. The molecule has 0 aromatic heterocycles. The van der Waals surface area contributed by atoms with Crippen LogP contribution in [0.5, 0.6) is 0 Å². The second-order valence-electron chi connectivity index (χ2n) is 5.27.